The summed E-state index contributed by atoms with van der Waals surface area (Å²) in [5.74, 6) is 0. The Hall–Kier alpha value is -0.0800. The maximum absolute atomic E-state index is 6.40. The summed E-state index contributed by atoms with van der Waals surface area (Å²) in [6, 6.07) is 0.401. The number of hydrogen-bond donors (Lipinski definition) is 1. The van der Waals surface area contributed by atoms with Crippen molar-refractivity contribution in [2.75, 3.05) is 13.1 Å². The van der Waals surface area contributed by atoms with Gasteiger partial charge in [0.15, 0.2) is 0 Å². The Balaban J connectivity index is 2.09. The van der Waals surface area contributed by atoms with Gasteiger partial charge in [0, 0.05) is 11.6 Å². The average molecular weight is 210 g/mol. The number of rotatable bonds is 3. The Morgan fingerprint density at radius 1 is 1.07 bits per heavy atom. The summed E-state index contributed by atoms with van der Waals surface area (Å²) < 4.78 is 0. The molecule has 88 valence electrons. The molecular formula is C13H26N2. The molecule has 0 amide bonds. The molecule has 0 aromatic carbocycles. The molecule has 2 heteroatoms. The van der Waals surface area contributed by atoms with Crippen molar-refractivity contribution < 1.29 is 0 Å². The third-order valence-electron chi connectivity index (χ3n) is 4.59. The lowest BCUT2D eigenvalue weighted by Crippen LogP contribution is -2.59. The molecule has 1 unspecified atom stereocenters. The van der Waals surface area contributed by atoms with Crippen molar-refractivity contribution in [2.45, 2.75) is 69.9 Å². The Morgan fingerprint density at radius 3 is 2.20 bits per heavy atom. The predicted octanol–water partition coefficient (Wildman–Crippen LogP) is 2.52. The summed E-state index contributed by atoms with van der Waals surface area (Å²) in [5, 5.41) is 0. The van der Waals surface area contributed by atoms with Crippen LogP contribution in [0, 0.1) is 0 Å². The highest BCUT2D eigenvalue weighted by Crippen LogP contribution is 2.39. The second-order valence-corrected chi connectivity index (χ2v) is 5.37. The highest BCUT2D eigenvalue weighted by molar-refractivity contribution is 5.02. The second-order valence-electron chi connectivity index (χ2n) is 5.37. The molecule has 2 rings (SSSR count). The summed E-state index contributed by atoms with van der Waals surface area (Å²) in [6.45, 7) is 4.84. The largest absolute Gasteiger partial charge is 0.326 e. The van der Waals surface area contributed by atoms with Gasteiger partial charge in [0.25, 0.3) is 0 Å². The van der Waals surface area contributed by atoms with E-state index in [1.54, 1.807) is 0 Å². The van der Waals surface area contributed by atoms with Gasteiger partial charge in [0.2, 0.25) is 0 Å². The Bertz CT molecular complexity index is 191. The Kier molecular flexibility index (Phi) is 3.68. The van der Waals surface area contributed by atoms with E-state index in [1.165, 1.54) is 58.0 Å². The third kappa shape index (κ3) is 2.07. The SMILES string of the molecule is CCC(N)C1(N2CCCCC2)CCCC1. The van der Waals surface area contributed by atoms with Crippen molar-refractivity contribution in [1.29, 1.82) is 0 Å². The molecule has 2 nitrogen and oxygen atoms in total. The standard InChI is InChI=1S/C13H26N2/c1-2-12(14)13(8-4-5-9-13)15-10-6-3-7-11-15/h12H,2-11,14H2,1H3. The lowest BCUT2D eigenvalue weighted by Gasteiger charge is -2.47. The van der Waals surface area contributed by atoms with Gasteiger partial charge in [-0.05, 0) is 45.2 Å². The third-order valence-corrected chi connectivity index (χ3v) is 4.59. The quantitative estimate of drug-likeness (QED) is 0.775. The van der Waals surface area contributed by atoms with Gasteiger partial charge in [-0.15, -0.1) is 0 Å². The van der Waals surface area contributed by atoms with Gasteiger partial charge in [-0.3, -0.25) is 4.90 Å². The predicted molar refractivity (Wildman–Crippen MR) is 64.9 cm³/mol. The summed E-state index contributed by atoms with van der Waals surface area (Å²) in [5.41, 5.74) is 6.79. The number of nitrogens with zero attached hydrogens (tertiary/aromatic N) is 1. The number of piperidine rings is 1. The molecule has 1 saturated carbocycles. The van der Waals surface area contributed by atoms with Gasteiger partial charge >= 0.3 is 0 Å². The highest BCUT2D eigenvalue weighted by atomic mass is 15.2. The molecule has 15 heavy (non-hydrogen) atoms. The van der Waals surface area contributed by atoms with E-state index in [2.05, 4.69) is 11.8 Å². The zero-order valence-corrected chi connectivity index (χ0v) is 10.2. The van der Waals surface area contributed by atoms with Crippen molar-refractivity contribution in [1.82, 2.24) is 4.90 Å². The van der Waals surface area contributed by atoms with Crippen LogP contribution in [-0.4, -0.2) is 29.6 Å². The molecule has 0 aromatic rings. The second kappa shape index (κ2) is 4.84. The molecule has 2 fully saturated rings. The van der Waals surface area contributed by atoms with E-state index in [0.29, 0.717) is 11.6 Å². The first kappa shape index (κ1) is 11.4. The highest BCUT2D eigenvalue weighted by Gasteiger charge is 2.43. The van der Waals surface area contributed by atoms with Crippen molar-refractivity contribution in [3.63, 3.8) is 0 Å². The first-order valence-electron chi connectivity index (χ1n) is 6.80. The van der Waals surface area contributed by atoms with Crippen LogP contribution in [0.3, 0.4) is 0 Å². The molecular weight excluding hydrogens is 184 g/mol. The number of nitrogens with two attached hydrogens (primary N) is 1. The molecule has 0 radical (unpaired) electrons. The van der Waals surface area contributed by atoms with Crippen molar-refractivity contribution in [3.05, 3.63) is 0 Å². The minimum atomic E-state index is 0.384. The van der Waals surface area contributed by atoms with Gasteiger partial charge in [-0.25, -0.2) is 0 Å². The van der Waals surface area contributed by atoms with E-state index in [0.717, 1.165) is 6.42 Å². The molecule has 1 aliphatic carbocycles. The van der Waals surface area contributed by atoms with Crippen LogP contribution in [-0.2, 0) is 0 Å². The lowest BCUT2D eigenvalue weighted by molar-refractivity contribution is 0.0471. The van der Waals surface area contributed by atoms with E-state index in [-0.39, 0.29) is 0 Å². The van der Waals surface area contributed by atoms with Crippen LogP contribution < -0.4 is 5.73 Å². The van der Waals surface area contributed by atoms with Gasteiger partial charge in [-0.1, -0.05) is 26.2 Å². The van der Waals surface area contributed by atoms with E-state index in [4.69, 9.17) is 5.73 Å². The topological polar surface area (TPSA) is 29.3 Å². The molecule has 1 aliphatic heterocycles. The normalized spacial score (nSPS) is 29.2. The van der Waals surface area contributed by atoms with Crippen molar-refractivity contribution in [3.8, 4) is 0 Å². The fourth-order valence-electron chi connectivity index (χ4n) is 3.63. The summed E-state index contributed by atoms with van der Waals surface area (Å²) in [7, 11) is 0. The first-order chi connectivity index (χ1) is 7.29. The Labute approximate surface area is 94.2 Å². The summed E-state index contributed by atoms with van der Waals surface area (Å²) in [6.07, 6.45) is 10.8. The molecule has 0 aromatic heterocycles. The maximum atomic E-state index is 6.40. The monoisotopic (exact) mass is 210 g/mol. The van der Waals surface area contributed by atoms with Crippen LogP contribution in [0.25, 0.3) is 0 Å². The molecule has 1 atom stereocenters. The van der Waals surface area contributed by atoms with Gasteiger partial charge < -0.3 is 5.73 Å². The number of hydrogen-bond acceptors (Lipinski definition) is 2. The lowest BCUT2D eigenvalue weighted by atomic mass is 9.83. The molecule has 2 N–H and O–H groups in total. The van der Waals surface area contributed by atoms with Gasteiger partial charge in [0.1, 0.15) is 0 Å². The number of likely N-dealkylation sites (tertiary alicyclic amines) is 1. The average Bonchev–Trinajstić information content (AvgIpc) is 2.79. The smallest absolute Gasteiger partial charge is 0.0360 e. The molecule has 0 spiro atoms. The van der Waals surface area contributed by atoms with Gasteiger partial charge in [0.05, 0.1) is 0 Å². The van der Waals surface area contributed by atoms with Crippen LogP contribution in [0.5, 0.6) is 0 Å². The summed E-state index contributed by atoms with van der Waals surface area (Å²) >= 11 is 0. The van der Waals surface area contributed by atoms with Crippen LogP contribution >= 0.6 is 0 Å². The minimum Gasteiger partial charge on any atom is -0.326 e. The zero-order valence-electron chi connectivity index (χ0n) is 10.2. The van der Waals surface area contributed by atoms with Gasteiger partial charge in [-0.2, -0.15) is 0 Å². The fraction of sp³-hybridized carbons (Fsp3) is 1.00. The molecule has 1 heterocycles. The van der Waals surface area contributed by atoms with E-state index in [1.807, 2.05) is 0 Å². The molecule has 2 aliphatic rings. The van der Waals surface area contributed by atoms with Crippen molar-refractivity contribution in [2.24, 2.45) is 5.73 Å². The van der Waals surface area contributed by atoms with Crippen LogP contribution in [0.4, 0.5) is 0 Å². The first-order valence-corrected chi connectivity index (χ1v) is 6.80. The fourth-order valence-corrected chi connectivity index (χ4v) is 3.63. The van der Waals surface area contributed by atoms with E-state index >= 15 is 0 Å². The van der Waals surface area contributed by atoms with E-state index in [9.17, 15) is 0 Å². The van der Waals surface area contributed by atoms with Crippen LogP contribution in [0.1, 0.15) is 58.3 Å². The Morgan fingerprint density at radius 2 is 1.67 bits per heavy atom. The molecule has 0 bridgehead atoms. The maximum Gasteiger partial charge on any atom is 0.0360 e. The summed E-state index contributed by atoms with van der Waals surface area (Å²) in [4.78, 5) is 2.73. The zero-order chi connectivity index (χ0) is 10.7. The van der Waals surface area contributed by atoms with E-state index < -0.39 is 0 Å². The van der Waals surface area contributed by atoms with Crippen LogP contribution in [0.2, 0.25) is 0 Å². The minimum absolute atomic E-state index is 0.384. The van der Waals surface area contributed by atoms with Crippen molar-refractivity contribution >= 4 is 0 Å². The molecule has 1 saturated heterocycles. The van der Waals surface area contributed by atoms with Crippen LogP contribution in [0.15, 0.2) is 0 Å².